The molecule has 9 nitrogen and oxygen atoms in total. The second-order valence-corrected chi connectivity index (χ2v) is 7.09. The van der Waals surface area contributed by atoms with E-state index in [1.165, 1.54) is 6.42 Å². The fourth-order valence-corrected chi connectivity index (χ4v) is 3.18. The van der Waals surface area contributed by atoms with Gasteiger partial charge in [0.25, 0.3) is 0 Å². The van der Waals surface area contributed by atoms with Gasteiger partial charge in [-0.1, -0.05) is 49.6 Å². The van der Waals surface area contributed by atoms with E-state index in [-0.39, 0.29) is 25.6 Å². The molecule has 0 aliphatic heterocycles. The fraction of sp³-hybridized carbons (Fsp3) is 0.500. The van der Waals surface area contributed by atoms with Gasteiger partial charge in [0.05, 0.1) is 13.1 Å². The molecule has 158 valence electrons. The van der Waals surface area contributed by atoms with E-state index in [1.54, 1.807) is 24.3 Å². The van der Waals surface area contributed by atoms with Crippen LogP contribution in [-0.4, -0.2) is 54.1 Å². The van der Waals surface area contributed by atoms with Gasteiger partial charge < -0.3 is 26.4 Å². The van der Waals surface area contributed by atoms with Gasteiger partial charge in [-0.3, -0.25) is 9.59 Å². The molecule has 9 heteroatoms. The number of amides is 4. The normalized spacial score (nSPS) is 15.0. The molecule has 0 aromatic heterocycles. The third-order valence-electron chi connectivity index (χ3n) is 4.71. The van der Waals surface area contributed by atoms with Crippen LogP contribution in [0.25, 0.3) is 0 Å². The molecule has 4 amide bonds. The van der Waals surface area contributed by atoms with Gasteiger partial charge in [-0.05, 0) is 18.4 Å². The van der Waals surface area contributed by atoms with Crippen LogP contribution < -0.4 is 21.3 Å². The molecule has 29 heavy (non-hydrogen) atoms. The Kier molecular flexibility index (Phi) is 8.94. The first-order valence-corrected chi connectivity index (χ1v) is 9.81. The Morgan fingerprint density at radius 1 is 0.931 bits per heavy atom. The average Bonchev–Trinajstić information content (AvgIpc) is 2.71. The number of hydrogen-bond acceptors (Lipinski definition) is 4. The highest BCUT2D eigenvalue weighted by atomic mass is 16.4. The highest BCUT2D eigenvalue weighted by molar-refractivity contribution is 5.89. The van der Waals surface area contributed by atoms with E-state index >= 15 is 0 Å². The van der Waals surface area contributed by atoms with Crippen molar-refractivity contribution in [3.63, 3.8) is 0 Å². The lowest BCUT2D eigenvalue weighted by atomic mass is 9.96. The molecule has 1 aliphatic carbocycles. The van der Waals surface area contributed by atoms with E-state index in [9.17, 15) is 24.3 Å². The SMILES string of the molecule is O=C(CNC(=O)NC1CCCCC1)NCC(=O)NC(Cc1ccccc1)C(=O)O. The molecular formula is C20H28N4O5. The summed E-state index contributed by atoms with van der Waals surface area (Å²) in [6.45, 7) is -0.637. The van der Waals surface area contributed by atoms with Crippen LogP contribution in [0.4, 0.5) is 4.79 Å². The Labute approximate surface area is 169 Å². The fourth-order valence-electron chi connectivity index (χ4n) is 3.18. The van der Waals surface area contributed by atoms with Crippen LogP contribution >= 0.6 is 0 Å². The number of aliphatic carboxylic acids is 1. The quantitative estimate of drug-likeness (QED) is 0.409. The van der Waals surface area contributed by atoms with Gasteiger partial charge in [-0.15, -0.1) is 0 Å². The topological polar surface area (TPSA) is 137 Å². The molecule has 0 heterocycles. The summed E-state index contributed by atoms with van der Waals surface area (Å²) in [5, 5.41) is 19.3. The summed E-state index contributed by atoms with van der Waals surface area (Å²) in [6, 6.07) is 7.56. The Hall–Kier alpha value is -3.10. The highest BCUT2D eigenvalue weighted by Crippen LogP contribution is 2.17. The van der Waals surface area contributed by atoms with Crippen LogP contribution in [0.1, 0.15) is 37.7 Å². The number of hydrogen-bond donors (Lipinski definition) is 5. The third-order valence-corrected chi connectivity index (χ3v) is 4.71. The van der Waals surface area contributed by atoms with E-state index < -0.39 is 29.9 Å². The zero-order valence-corrected chi connectivity index (χ0v) is 16.3. The summed E-state index contributed by atoms with van der Waals surface area (Å²) in [7, 11) is 0. The maximum atomic E-state index is 12.0. The van der Waals surface area contributed by atoms with E-state index in [0.717, 1.165) is 31.2 Å². The number of benzene rings is 1. The summed E-state index contributed by atoms with van der Waals surface area (Å²) in [5.74, 6) is -2.31. The molecule has 1 unspecified atom stereocenters. The number of nitrogens with one attached hydrogen (secondary N) is 4. The number of rotatable bonds is 9. The van der Waals surface area contributed by atoms with Crippen LogP contribution in [0, 0.1) is 0 Å². The molecule has 1 aromatic carbocycles. The predicted molar refractivity (Wildman–Crippen MR) is 106 cm³/mol. The molecular weight excluding hydrogens is 376 g/mol. The molecule has 0 bridgehead atoms. The van der Waals surface area contributed by atoms with E-state index in [2.05, 4.69) is 21.3 Å². The first kappa shape index (κ1) is 22.2. The molecule has 1 aliphatic rings. The minimum atomic E-state index is -1.16. The second-order valence-electron chi connectivity index (χ2n) is 7.09. The van der Waals surface area contributed by atoms with Crippen LogP contribution in [0.2, 0.25) is 0 Å². The van der Waals surface area contributed by atoms with Crippen molar-refractivity contribution < 1.29 is 24.3 Å². The molecule has 5 N–H and O–H groups in total. The Balaban J connectivity index is 1.66. The second kappa shape index (κ2) is 11.7. The van der Waals surface area contributed by atoms with Gasteiger partial charge in [0.1, 0.15) is 6.04 Å². The summed E-state index contributed by atoms with van der Waals surface area (Å²) < 4.78 is 0. The van der Waals surface area contributed by atoms with Crippen LogP contribution in [0.5, 0.6) is 0 Å². The lowest BCUT2D eigenvalue weighted by molar-refractivity contribution is -0.141. The Bertz CT molecular complexity index is 704. The van der Waals surface area contributed by atoms with Gasteiger partial charge in [-0.2, -0.15) is 0 Å². The van der Waals surface area contributed by atoms with Crippen molar-refractivity contribution in [1.82, 2.24) is 21.3 Å². The first-order valence-electron chi connectivity index (χ1n) is 9.81. The molecule has 1 saturated carbocycles. The number of carboxylic acid groups (broad SMARTS) is 1. The average molecular weight is 404 g/mol. The van der Waals surface area contributed by atoms with Crippen molar-refractivity contribution >= 4 is 23.8 Å². The number of carbonyl (C=O) groups is 4. The molecule has 0 spiro atoms. The lowest BCUT2D eigenvalue weighted by Crippen LogP contribution is -2.49. The standard InChI is InChI=1S/C20H28N4O5/c25-17(12-22-20(29)23-15-9-5-2-6-10-15)21-13-18(26)24-16(19(27)28)11-14-7-3-1-4-8-14/h1,3-4,7-8,15-16H,2,5-6,9-13H2,(H,21,25)(H,24,26)(H,27,28)(H2,22,23,29). The maximum Gasteiger partial charge on any atom is 0.326 e. The zero-order valence-electron chi connectivity index (χ0n) is 16.3. The highest BCUT2D eigenvalue weighted by Gasteiger charge is 2.21. The minimum absolute atomic E-state index is 0.134. The molecule has 2 rings (SSSR count). The number of carbonyl (C=O) groups excluding carboxylic acids is 3. The van der Waals surface area contributed by atoms with E-state index in [4.69, 9.17) is 0 Å². The molecule has 1 atom stereocenters. The monoisotopic (exact) mass is 404 g/mol. The van der Waals surface area contributed by atoms with Gasteiger partial charge in [0.15, 0.2) is 0 Å². The number of urea groups is 1. The smallest absolute Gasteiger partial charge is 0.326 e. The summed E-state index contributed by atoms with van der Waals surface area (Å²) in [4.78, 5) is 46.9. The van der Waals surface area contributed by atoms with Gasteiger partial charge in [0.2, 0.25) is 11.8 Å². The van der Waals surface area contributed by atoms with Crippen molar-refractivity contribution in [2.24, 2.45) is 0 Å². The largest absolute Gasteiger partial charge is 0.480 e. The van der Waals surface area contributed by atoms with Crippen molar-refractivity contribution in [3.05, 3.63) is 35.9 Å². The van der Waals surface area contributed by atoms with Gasteiger partial charge >= 0.3 is 12.0 Å². The zero-order chi connectivity index (χ0) is 21.1. The minimum Gasteiger partial charge on any atom is -0.480 e. The molecule has 0 radical (unpaired) electrons. The maximum absolute atomic E-state index is 12.0. The Morgan fingerprint density at radius 2 is 1.59 bits per heavy atom. The van der Waals surface area contributed by atoms with Gasteiger partial charge in [-0.25, -0.2) is 9.59 Å². The van der Waals surface area contributed by atoms with Crippen LogP contribution in [0.3, 0.4) is 0 Å². The van der Waals surface area contributed by atoms with Crippen molar-refractivity contribution in [2.45, 2.75) is 50.6 Å². The first-order chi connectivity index (χ1) is 13.9. The lowest BCUT2D eigenvalue weighted by Gasteiger charge is -2.22. The summed E-state index contributed by atoms with van der Waals surface area (Å²) in [6.07, 6.45) is 5.36. The number of carboxylic acids is 1. The Morgan fingerprint density at radius 3 is 2.24 bits per heavy atom. The van der Waals surface area contributed by atoms with E-state index in [1.807, 2.05) is 6.07 Å². The van der Waals surface area contributed by atoms with Gasteiger partial charge in [0, 0.05) is 12.5 Å². The third kappa shape index (κ3) is 8.63. The van der Waals surface area contributed by atoms with E-state index in [0.29, 0.717) is 0 Å². The van der Waals surface area contributed by atoms with Crippen LogP contribution in [-0.2, 0) is 20.8 Å². The molecule has 1 fully saturated rings. The predicted octanol–water partition coefficient (Wildman–Crippen LogP) is 0.547. The van der Waals surface area contributed by atoms with Crippen molar-refractivity contribution in [3.8, 4) is 0 Å². The molecule has 0 saturated heterocycles. The van der Waals surface area contributed by atoms with Crippen LogP contribution in [0.15, 0.2) is 30.3 Å². The summed E-state index contributed by atoms with van der Waals surface area (Å²) in [5.41, 5.74) is 0.775. The molecule has 1 aromatic rings. The van der Waals surface area contributed by atoms with Crippen molar-refractivity contribution in [1.29, 1.82) is 0 Å². The van der Waals surface area contributed by atoms with Crippen molar-refractivity contribution in [2.75, 3.05) is 13.1 Å². The summed E-state index contributed by atoms with van der Waals surface area (Å²) >= 11 is 0.